The summed E-state index contributed by atoms with van der Waals surface area (Å²) in [6, 6.07) is 7.76. The predicted molar refractivity (Wildman–Crippen MR) is 97.7 cm³/mol. The fourth-order valence-electron chi connectivity index (χ4n) is 2.33. The first-order chi connectivity index (χ1) is 12.4. The summed E-state index contributed by atoms with van der Waals surface area (Å²) in [7, 11) is -3.83. The highest BCUT2D eigenvalue weighted by molar-refractivity contribution is 7.88. The standard InChI is InChI=1S/C16H15ClFN3O3S2/c1-2-21(9-15-19-16(20-24-15)14-7-4-8-25-14)26(22,23)10-11-12(17)5-3-6-13(11)18/h3-8H,2,9-10H2,1H3. The molecule has 0 bridgehead atoms. The summed E-state index contributed by atoms with van der Waals surface area (Å²) in [6.07, 6.45) is 0. The molecule has 0 saturated heterocycles. The molecule has 0 N–H and O–H groups in total. The number of hydrogen-bond acceptors (Lipinski definition) is 6. The van der Waals surface area contributed by atoms with Crippen molar-refractivity contribution in [2.45, 2.75) is 19.2 Å². The van der Waals surface area contributed by atoms with E-state index in [9.17, 15) is 12.8 Å². The summed E-state index contributed by atoms with van der Waals surface area (Å²) < 4.78 is 45.6. The lowest BCUT2D eigenvalue weighted by molar-refractivity contribution is 0.321. The number of halogens is 2. The monoisotopic (exact) mass is 415 g/mol. The van der Waals surface area contributed by atoms with Crippen LogP contribution >= 0.6 is 22.9 Å². The molecule has 10 heteroatoms. The molecular weight excluding hydrogens is 401 g/mol. The molecule has 138 valence electrons. The third-order valence-corrected chi connectivity index (χ3v) is 6.70. The molecule has 0 fully saturated rings. The number of thiophene rings is 1. The Morgan fingerprint density at radius 2 is 2.12 bits per heavy atom. The molecule has 0 saturated carbocycles. The molecule has 0 aliphatic heterocycles. The van der Waals surface area contributed by atoms with Gasteiger partial charge in [0, 0.05) is 17.1 Å². The van der Waals surface area contributed by atoms with Crippen LogP contribution in [-0.4, -0.2) is 29.4 Å². The Hall–Kier alpha value is -1.81. The van der Waals surface area contributed by atoms with Gasteiger partial charge in [0.1, 0.15) is 5.82 Å². The molecule has 0 aliphatic carbocycles. The second-order valence-electron chi connectivity index (χ2n) is 5.37. The molecule has 2 heterocycles. The van der Waals surface area contributed by atoms with Crippen LogP contribution in [0.1, 0.15) is 18.4 Å². The van der Waals surface area contributed by atoms with E-state index in [-0.39, 0.29) is 29.6 Å². The normalized spacial score (nSPS) is 12.0. The van der Waals surface area contributed by atoms with Crippen LogP contribution in [0.2, 0.25) is 5.02 Å². The lowest BCUT2D eigenvalue weighted by Crippen LogP contribution is -2.32. The van der Waals surface area contributed by atoms with E-state index in [4.69, 9.17) is 16.1 Å². The molecule has 0 aliphatic rings. The summed E-state index contributed by atoms with van der Waals surface area (Å²) in [5, 5.41) is 5.81. The maximum atomic E-state index is 13.9. The molecular formula is C16H15ClFN3O3S2. The summed E-state index contributed by atoms with van der Waals surface area (Å²) in [6.45, 7) is 1.76. The predicted octanol–water partition coefficient (Wildman–Crippen LogP) is 3.94. The Labute approximate surface area is 159 Å². The molecule has 3 rings (SSSR count). The van der Waals surface area contributed by atoms with Gasteiger partial charge in [0.15, 0.2) is 0 Å². The molecule has 1 aromatic carbocycles. The Morgan fingerprint density at radius 1 is 1.31 bits per heavy atom. The Bertz CT molecular complexity index is 970. The summed E-state index contributed by atoms with van der Waals surface area (Å²) in [4.78, 5) is 5.05. The number of hydrogen-bond donors (Lipinski definition) is 0. The van der Waals surface area contributed by atoms with Crippen molar-refractivity contribution in [1.82, 2.24) is 14.4 Å². The van der Waals surface area contributed by atoms with Crippen molar-refractivity contribution >= 4 is 33.0 Å². The van der Waals surface area contributed by atoms with Crippen LogP contribution in [0.4, 0.5) is 4.39 Å². The molecule has 0 atom stereocenters. The third kappa shape index (κ3) is 4.12. The first-order valence-electron chi connectivity index (χ1n) is 7.68. The number of nitrogens with zero attached hydrogens (tertiary/aromatic N) is 3. The molecule has 26 heavy (non-hydrogen) atoms. The first kappa shape index (κ1) is 19.0. The quantitative estimate of drug-likeness (QED) is 0.584. The zero-order valence-electron chi connectivity index (χ0n) is 13.7. The fourth-order valence-corrected chi connectivity index (χ4v) is 4.83. The van der Waals surface area contributed by atoms with Gasteiger partial charge < -0.3 is 4.52 Å². The third-order valence-electron chi connectivity index (χ3n) is 3.66. The van der Waals surface area contributed by atoms with E-state index in [0.717, 1.165) is 9.18 Å². The van der Waals surface area contributed by atoms with Gasteiger partial charge in [0.2, 0.25) is 21.7 Å². The van der Waals surface area contributed by atoms with Crippen molar-refractivity contribution in [3.05, 3.63) is 58.0 Å². The van der Waals surface area contributed by atoms with Crippen LogP contribution in [0.25, 0.3) is 10.7 Å². The van der Waals surface area contributed by atoms with Crippen molar-refractivity contribution in [2.75, 3.05) is 6.54 Å². The minimum atomic E-state index is -3.83. The maximum Gasteiger partial charge on any atom is 0.242 e. The van der Waals surface area contributed by atoms with Gasteiger partial charge in [-0.05, 0) is 23.6 Å². The number of aromatic nitrogens is 2. The Balaban J connectivity index is 1.79. The maximum absolute atomic E-state index is 13.9. The average Bonchev–Trinajstić information content (AvgIpc) is 3.27. The van der Waals surface area contributed by atoms with E-state index in [2.05, 4.69) is 10.1 Å². The smallest absolute Gasteiger partial charge is 0.242 e. The first-order valence-corrected chi connectivity index (χ1v) is 10.5. The van der Waals surface area contributed by atoms with Crippen LogP contribution in [0.5, 0.6) is 0 Å². The molecule has 6 nitrogen and oxygen atoms in total. The summed E-state index contributed by atoms with van der Waals surface area (Å²) in [5.74, 6) is -0.632. The number of rotatable bonds is 7. The van der Waals surface area contributed by atoms with Crippen molar-refractivity contribution in [3.8, 4) is 10.7 Å². The molecule has 0 radical (unpaired) electrons. The van der Waals surface area contributed by atoms with Crippen molar-refractivity contribution in [1.29, 1.82) is 0 Å². The minimum absolute atomic E-state index is 0.0579. The topological polar surface area (TPSA) is 76.3 Å². The highest BCUT2D eigenvalue weighted by atomic mass is 35.5. The lowest BCUT2D eigenvalue weighted by atomic mass is 10.2. The van der Waals surface area contributed by atoms with Crippen LogP contribution in [-0.2, 0) is 22.3 Å². The van der Waals surface area contributed by atoms with Gasteiger partial charge in [0.25, 0.3) is 0 Å². The van der Waals surface area contributed by atoms with E-state index < -0.39 is 21.6 Å². The van der Waals surface area contributed by atoms with Crippen LogP contribution in [0, 0.1) is 5.82 Å². The van der Waals surface area contributed by atoms with Gasteiger partial charge in [-0.15, -0.1) is 11.3 Å². The lowest BCUT2D eigenvalue weighted by Gasteiger charge is -2.19. The van der Waals surface area contributed by atoms with Crippen LogP contribution < -0.4 is 0 Å². The van der Waals surface area contributed by atoms with Crippen molar-refractivity contribution < 1.29 is 17.3 Å². The molecule has 3 aromatic rings. The van der Waals surface area contributed by atoms with E-state index in [1.807, 2.05) is 17.5 Å². The van der Waals surface area contributed by atoms with Crippen LogP contribution in [0.3, 0.4) is 0 Å². The van der Waals surface area contributed by atoms with Gasteiger partial charge in [-0.3, -0.25) is 0 Å². The number of benzene rings is 1. The Kier molecular flexibility index (Phi) is 5.71. The van der Waals surface area contributed by atoms with Gasteiger partial charge in [-0.2, -0.15) is 9.29 Å². The van der Waals surface area contributed by atoms with E-state index in [1.54, 1.807) is 6.92 Å². The van der Waals surface area contributed by atoms with E-state index in [1.165, 1.54) is 29.5 Å². The second-order valence-corrected chi connectivity index (χ2v) is 8.70. The SMILES string of the molecule is CCN(Cc1nc(-c2cccs2)no1)S(=O)(=O)Cc1c(F)cccc1Cl. The Morgan fingerprint density at radius 3 is 2.77 bits per heavy atom. The second kappa shape index (κ2) is 7.83. The van der Waals surface area contributed by atoms with Crippen molar-refractivity contribution in [2.24, 2.45) is 0 Å². The van der Waals surface area contributed by atoms with Gasteiger partial charge in [-0.1, -0.05) is 35.8 Å². The van der Waals surface area contributed by atoms with Gasteiger partial charge in [0.05, 0.1) is 17.2 Å². The summed E-state index contributed by atoms with van der Waals surface area (Å²) >= 11 is 7.39. The van der Waals surface area contributed by atoms with Crippen molar-refractivity contribution in [3.63, 3.8) is 0 Å². The molecule has 0 unspecified atom stereocenters. The average molecular weight is 416 g/mol. The van der Waals surface area contributed by atoms with E-state index in [0.29, 0.717) is 5.82 Å². The summed E-state index contributed by atoms with van der Waals surface area (Å²) in [5.41, 5.74) is -0.0579. The highest BCUT2D eigenvalue weighted by Crippen LogP contribution is 2.25. The van der Waals surface area contributed by atoms with Gasteiger partial charge >= 0.3 is 0 Å². The highest BCUT2D eigenvalue weighted by Gasteiger charge is 2.26. The van der Waals surface area contributed by atoms with Gasteiger partial charge in [-0.25, -0.2) is 12.8 Å². The molecule has 0 amide bonds. The minimum Gasteiger partial charge on any atom is -0.337 e. The van der Waals surface area contributed by atoms with E-state index >= 15 is 0 Å². The zero-order chi connectivity index (χ0) is 18.7. The number of sulfonamides is 1. The largest absolute Gasteiger partial charge is 0.337 e. The molecule has 2 aromatic heterocycles. The molecule has 0 spiro atoms. The van der Waals surface area contributed by atoms with Crippen LogP contribution in [0.15, 0.2) is 40.2 Å². The fraction of sp³-hybridized carbons (Fsp3) is 0.250. The zero-order valence-corrected chi connectivity index (χ0v) is 16.1.